The molecular formula is C10H16N6O. The molecule has 92 valence electrons. The van der Waals surface area contributed by atoms with E-state index in [-0.39, 0.29) is 0 Å². The van der Waals surface area contributed by atoms with E-state index in [2.05, 4.69) is 25.8 Å². The Bertz CT molecular complexity index is 457. The first-order valence-electron chi connectivity index (χ1n) is 5.49. The van der Waals surface area contributed by atoms with Crippen molar-refractivity contribution in [2.24, 2.45) is 0 Å². The Labute approximate surface area is 99.2 Å². The van der Waals surface area contributed by atoms with E-state index in [0.29, 0.717) is 0 Å². The molecule has 0 aliphatic rings. The maximum atomic E-state index is 4.94. The van der Waals surface area contributed by atoms with Crippen molar-refractivity contribution >= 4 is 11.5 Å². The van der Waals surface area contributed by atoms with Crippen molar-refractivity contribution in [3.63, 3.8) is 0 Å². The molecule has 2 N–H and O–H groups in total. The van der Waals surface area contributed by atoms with Gasteiger partial charge in [-0.15, -0.1) is 10.2 Å². The van der Waals surface area contributed by atoms with Gasteiger partial charge in [0.15, 0.2) is 5.82 Å². The van der Waals surface area contributed by atoms with Gasteiger partial charge in [0.2, 0.25) is 5.65 Å². The Morgan fingerprint density at radius 3 is 3.18 bits per heavy atom. The second-order valence-electron chi connectivity index (χ2n) is 3.51. The van der Waals surface area contributed by atoms with Gasteiger partial charge < -0.3 is 15.4 Å². The number of methoxy groups -OCH3 is 1. The summed E-state index contributed by atoms with van der Waals surface area (Å²) in [5.74, 6) is 0.749. The predicted octanol–water partition coefficient (Wildman–Crippen LogP) is -0.228. The lowest BCUT2D eigenvalue weighted by Gasteiger charge is -2.07. The van der Waals surface area contributed by atoms with Crippen LogP contribution < -0.4 is 10.6 Å². The summed E-state index contributed by atoms with van der Waals surface area (Å²) in [5.41, 5.74) is 0.740. The molecule has 0 aromatic carbocycles. The summed E-state index contributed by atoms with van der Waals surface area (Å²) < 4.78 is 6.76. The van der Waals surface area contributed by atoms with E-state index in [9.17, 15) is 0 Å². The summed E-state index contributed by atoms with van der Waals surface area (Å²) >= 11 is 0. The highest BCUT2D eigenvalue weighted by Gasteiger charge is 2.02. The van der Waals surface area contributed by atoms with E-state index in [1.54, 1.807) is 19.6 Å². The zero-order valence-electron chi connectivity index (χ0n) is 9.76. The molecule has 2 aromatic heterocycles. The third-order valence-electron chi connectivity index (χ3n) is 2.29. The van der Waals surface area contributed by atoms with Gasteiger partial charge in [-0.05, 0) is 0 Å². The molecule has 0 atom stereocenters. The molecule has 0 spiro atoms. The minimum Gasteiger partial charge on any atom is -0.383 e. The van der Waals surface area contributed by atoms with Gasteiger partial charge in [0.25, 0.3) is 0 Å². The molecule has 0 saturated heterocycles. The lowest BCUT2D eigenvalue weighted by molar-refractivity contribution is 0.200. The average Bonchev–Trinajstić information content (AvgIpc) is 2.82. The summed E-state index contributed by atoms with van der Waals surface area (Å²) in [6.45, 7) is 3.20. The largest absolute Gasteiger partial charge is 0.383 e. The van der Waals surface area contributed by atoms with Crippen LogP contribution in [0, 0.1) is 0 Å². The average molecular weight is 236 g/mol. The summed E-state index contributed by atoms with van der Waals surface area (Å²) in [6, 6.07) is 0. The van der Waals surface area contributed by atoms with Crippen molar-refractivity contribution in [1.82, 2.24) is 24.9 Å². The standard InChI is InChI=1S/C10H16N6O/c1-17-7-5-11-2-3-12-9-10-15-14-8-16(10)6-4-13-9/h4,6,8,11H,2-3,5,7H2,1H3,(H,12,13). The van der Waals surface area contributed by atoms with Crippen LogP contribution in [0.4, 0.5) is 5.82 Å². The first kappa shape index (κ1) is 11.7. The highest BCUT2D eigenvalue weighted by molar-refractivity contribution is 5.61. The maximum Gasteiger partial charge on any atom is 0.203 e. The molecule has 0 saturated carbocycles. The topological polar surface area (TPSA) is 76.4 Å². The molecule has 7 nitrogen and oxygen atoms in total. The second-order valence-corrected chi connectivity index (χ2v) is 3.51. The minimum absolute atomic E-state index is 0.720. The van der Waals surface area contributed by atoms with Crippen LogP contribution in [0.1, 0.15) is 0 Å². The van der Waals surface area contributed by atoms with Crippen molar-refractivity contribution < 1.29 is 4.74 Å². The highest BCUT2D eigenvalue weighted by atomic mass is 16.5. The van der Waals surface area contributed by atoms with Crippen molar-refractivity contribution in [3.05, 3.63) is 18.7 Å². The van der Waals surface area contributed by atoms with E-state index in [0.717, 1.165) is 37.7 Å². The number of aromatic nitrogens is 4. The fraction of sp³-hybridized carbons (Fsp3) is 0.500. The van der Waals surface area contributed by atoms with E-state index in [4.69, 9.17) is 4.74 Å². The number of anilines is 1. The van der Waals surface area contributed by atoms with Gasteiger partial charge >= 0.3 is 0 Å². The van der Waals surface area contributed by atoms with E-state index >= 15 is 0 Å². The van der Waals surface area contributed by atoms with Gasteiger partial charge in [-0.2, -0.15) is 0 Å². The van der Waals surface area contributed by atoms with Crippen LogP contribution >= 0.6 is 0 Å². The molecule has 0 radical (unpaired) electrons. The highest BCUT2D eigenvalue weighted by Crippen LogP contribution is 2.08. The van der Waals surface area contributed by atoms with Crippen LogP contribution in [0.2, 0.25) is 0 Å². The molecule has 17 heavy (non-hydrogen) atoms. The first-order chi connectivity index (χ1) is 8.42. The van der Waals surface area contributed by atoms with E-state index in [1.165, 1.54) is 0 Å². The van der Waals surface area contributed by atoms with Crippen molar-refractivity contribution in [2.45, 2.75) is 0 Å². The monoisotopic (exact) mass is 236 g/mol. The summed E-state index contributed by atoms with van der Waals surface area (Å²) in [7, 11) is 1.69. The minimum atomic E-state index is 0.720. The number of hydrogen-bond acceptors (Lipinski definition) is 6. The summed E-state index contributed by atoms with van der Waals surface area (Å²) in [6.07, 6.45) is 5.19. The number of ether oxygens (including phenoxy) is 1. The van der Waals surface area contributed by atoms with Gasteiger partial charge in [-0.25, -0.2) is 4.98 Å². The fourth-order valence-electron chi connectivity index (χ4n) is 1.45. The Kier molecular flexibility index (Phi) is 4.23. The maximum absolute atomic E-state index is 4.94. The predicted molar refractivity (Wildman–Crippen MR) is 64.0 cm³/mol. The number of rotatable bonds is 7. The van der Waals surface area contributed by atoms with Crippen LogP contribution in [0.25, 0.3) is 5.65 Å². The van der Waals surface area contributed by atoms with Gasteiger partial charge in [0.05, 0.1) is 6.61 Å². The molecular weight excluding hydrogens is 220 g/mol. The Morgan fingerprint density at radius 2 is 2.29 bits per heavy atom. The quantitative estimate of drug-likeness (QED) is 0.647. The van der Waals surface area contributed by atoms with Crippen molar-refractivity contribution in [3.8, 4) is 0 Å². The van der Waals surface area contributed by atoms with Gasteiger partial charge in [0, 0.05) is 39.1 Å². The van der Waals surface area contributed by atoms with Crippen molar-refractivity contribution in [2.75, 3.05) is 38.7 Å². The lowest BCUT2D eigenvalue weighted by Crippen LogP contribution is -2.25. The normalized spacial score (nSPS) is 10.9. The number of nitrogens with zero attached hydrogens (tertiary/aromatic N) is 4. The molecule has 0 aliphatic heterocycles. The second kappa shape index (κ2) is 6.12. The molecule has 0 aliphatic carbocycles. The van der Waals surface area contributed by atoms with E-state index < -0.39 is 0 Å². The number of fused-ring (bicyclic) bond motifs is 1. The molecule has 0 amide bonds. The van der Waals surface area contributed by atoms with Crippen LogP contribution in [-0.4, -0.2) is 52.9 Å². The Morgan fingerprint density at radius 1 is 1.35 bits per heavy atom. The fourth-order valence-corrected chi connectivity index (χ4v) is 1.45. The third kappa shape index (κ3) is 3.11. The van der Waals surface area contributed by atoms with Crippen molar-refractivity contribution in [1.29, 1.82) is 0 Å². The Balaban J connectivity index is 1.80. The third-order valence-corrected chi connectivity index (χ3v) is 2.29. The van der Waals surface area contributed by atoms with Gasteiger partial charge in [-0.1, -0.05) is 0 Å². The SMILES string of the molecule is COCCNCCNc1nccn2cnnc12. The van der Waals surface area contributed by atoms with Gasteiger partial charge in [-0.3, -0.25) is 4.40 Å². The van der Waals surface area contributed by atoms with Crippen LogP contribution in [-0.2, 0) is 4.74 Å². The summed E-state index contributed by atoms with van der Waals surface area (Å²) in [4.78, 5) is 4.23. The van der Waals surface area contributed by atoms with Crippen LogP contribution in [0.3, 0.4) is 0 Å². The smallest absolute Gasteiger partial charge is 0.203 e. The lowest BCUT2D eigenvalue weighted by atomic mass is 10.5. The number of hydrogen-bond donors (Lipinski definition) is 2. The summed E-state index contributed by atoms with van der Waals surface area (Å²) in [5, 5.41) is 14.3. The van der Waals surface area contributed by atoms with E-state index in [1.807, 2.05) is 10.6 Å². The molecule has 7 heteroatoms. The zero-order chi connectivity index (χ0) is 11.9. The number of nitrogens with one attached hydrogen (secondary N) is 2. The molecule has 2 aromatic rings. The molecule has 2 heterocycles. The van der Waals surface area contributed by atoms with Gasteiger partial charge in [0.1, 0.15) is 6.33 Å². The molecule has 0 unspecified atom stereocenters. The molecule has 0 bridgehead atoms. The van der Waals surface area contributed by atoms with Crippen LogP contribution in [0.5, 0.6) is 0 Å². The molecule has 2 rings (SSSR count). The Hall–Kier alpha value is -1.73. The first-order valence-corrected chi connectivity index (χ1v) is 5.49. The van der Waals surface area contributed by atoms with Crippen LogP contribution in [0.15, 0.2) is 18.7 Å². The molecule has 0 fully saturated rings. The zero-order valence-corrected chi connectivity index (χ0v) is 9.76.